The van der Waals surface area contributed by atoms with Gasteiger partial charge in [-0.3, -0.25) is 0 Å². The summed E-state index contributed by atoms with van der Waals surface area (Å²) in [6.45, 7) is 0. The summed E-state index contributed by atoms with van der Waals surface area (Å²) in [6.07, 6.45) is 0.250. The van der Waals surface area contributed by atoms with E-state index in [1.54, 1.807) is 12.1 Å². The van der Waals surface area contributed by atoms with Crippen LogP contribution in [0.25, 0.3) is 22.8 Å². The molecule has 0 aliphatic rings. The number of aromatic nitrogens is 2. The van der Waals surface area contributed by atoms with Crippen molar-refractivity contribution in [3.8, 4) is 22.8 Å². The first-order valence-corrected chi connectivity index (χ1v) is 6.79. The van der Waals surface area contributed by atoms with Gasteiger partial charge in [0.25, 0.3) is 5.89 Å². The first kappa shape index (κ1) is 15.8. The Labute approximate surface area is 132 Å². The van der Waals surface area contributed by atoms with E-state index in [-0.39, 0.29) is 17.6 Å². The summed E-state index contributed by atoms with van der Waals surface area (Å²) in [4.78, 5) is 20.5. The van der Waals surface area contributed by atoms with Crippen molar-refractivity contribution in [1.82, 2.24) is 10.1 Å². The van der Waals surface area contributed by atoms with Crippen LogP contribution in [0.5, 0.6) is 0 Å². The van der Waals surface area contributed by atoms with E-state index in [0.717, 1.165) is 5.56 Å². The average Bonchev–Trinajstić information content (AvgIpc) is 2.98. The van der Waals surface area contributed by atoms with E-state index < -0.39 is 5.82 Å². The van der Waals surface area contributed by atoms with Crippen molar-refractivity contribution < 1.29 is 18.5 Å². The van der Waals surface area contributed by atoms with Gasteiger partial charge in [-0.1, -0.05) is 51.4 Å². The number of hydrogen-bond acceptors (Lipinski definition) is 5. The molecule has 0 fully saturated rings. The van der Waals surface area contributed by atoms with Gasteiger partial charge >= 0.3 is 6.15 Å². The zero-order chi connectivity index (χ0) is 15.9. The molecule has 0 amide bonds. The van der Waals surface area contributed by atoms with Crippen LogP contribution in [-0.2, 0) is 9.59 Å². The monoisotopic (exact) mass is 362 g/mol. The van der Waals surface area contributed by atoms with Crippen LogP contribution >= 0.6 is 15.9 Å². The van der Waals surface area contributed by atoms with Crippen molar-refractivity contribution in [2.24, 2.45) is 0 Å². The van der Waals surface area contributed by atoms with Crippen molar-refractivity contribution in [3.63, 3.8) is 0 Å². The minimum atomic E-state index is -0.405. The third-order valence-corrected chi connectivity index (χ3v) is 3.11. The molecule has 7 heteroatoms. The molecule has 0 aliphatic heterocycles. The Morgan fingerprint density at radius 3 is 2.41 bits per heavy atom. The molecule has 1 heterocycles. The fourth-order valence-electron chi connectivity index (χ4n) is 1.70. The molecule has 22 heavy (non-hydrogen) atoms. The second kappa shape index (κ2) is 7.40. The number of hydrogen-bond donors (Lipinski definition) is 0. The van der Waals surface area contributed by atoms with Gasteiger partial charge in [0.05, 0.1) is 5.56 Å². The van der Waals surface area contributed by atoms with Crippen molar-refractivity contribution in [2.75, 3.05) is 0 Å². The lowest BCUT2D eigenvalue weighted by molar-refractivity contribution is -0.191. The van der Waals surface area contributed by atoms with E-state index >= 15 is 0 Å². The van der Waals surface area contributed by atoms with E-state index in [2.05, 4.69) is 26.1 Å². The Balaban J connectivity index is 0.000000545. The fourth-order valence-corrected chi connectivity index (χ4v) is 2.03. The molecule has 0 unspecified atom stereocenters. The molecule has 3 aromatic rings. The van der Waals surface area contributed by atoms with Crippen LogP contribution in [-0.4, -0.2) is 16.3 Å². The van der Waals surface area contributed by atoms with Gasteiger partial charge in [0.2, 0.25) is 5.82 Å². The van der Waals surface area contributed by atoms with Crippen LogP contribution in [0.15, 0.2) is 57.5 Å². The van der Waals surface area contributed by atoms with E-state index in [0.29, 0.717) is 10.3 Å². The molecule has 2 aromatic carbocycles. The molecule has 5 nitrogen and oxygen atoms in total. The highest BCUT2D eigenvalue weighted by Crippen LogP contribution is 2.26. The summed E-state index contributed by atoms with van der Waals surface area (Å²) >= 11 is 3.20. The number of nitrogens with zero attached hydrogens (tertiary/aromatic N) is 2. The Hall–Kier alpha value is -2.63. The lowest BCUT2D eigenvalue weighted by Gasteiger charge is -1.97. The summed E-state index contributed by atoms with van der Waals surface area (Å²) < 4.78 is 19.6. The molecule has 0 saturated heterocycles. The van der Waals surface area contributed by atoms with Crippen LogP contribution in [0.1, 0.15) is 0 Å². The van der Waals surface area contributed by atoms with Gasteiger partial charge in [-0.2, -0.15) is 14.6 Å². The summed E-state index contributed by atoms with van der Waals surface area (Å²) in [5.41, 5.74) is 1.12. The number of carbonyl (C=O) groups excluding carboxylic acids is 2. The minimum absolute atomic E-state index is 0.170. The first-order valence-electron chi connectivity index (χ1n) is 5.99. The molecule has 0 radical (unpaired) electrons. The number of halogens is 2. The van der Waals surface area contributed by atoms with Crippen molar-refractivity contribution >= 4 is 22.1 Å². The number of benzene rings is 2. The van der Waals surface area contributed by atoms with Crippen LogP contribution < -0.4 is 0 Å². The summed E-state index contributed by atoms with van der Waals surface area (Å²) in [5, 5.41) is 3.86. The highest BCUT2D eigenvalue weighted by molar-refractivity contribution is 9.10. The zero-order valence-electron chi connectivity index (χ0n) is 11.0. The van der Waals surface area contributed by atoms with Gasteiger partial charge in [0.15, 0.2) is 0 Å². The van der Waals surface area contributed by atoms with Gasteiger partial charge in [0.1, 0.15) is 5.82 Å². The maximum Gasteiger partial charge on any atom is 0.373 e. The summed E-state index contributed by atoms with van der Waals surface area (Å²) in [5.74, 6) is 0.208. The Bertz CT molecular complexity index is 800. The van der Waals surface area contributed by atoms with Crippen molar-refractivity contribution in [2.45, 2.75) is 0 Å². The zero-order valence-corrected chi connectivity index (χ0v) is 12.6. The molecule has 3 rings (SSSR count). The molecule has 0 spiro atoms. The summed E-state index contributed by atoms with van der Waals surface area (Å²) in [6, 6.07) is 14.1. The van der Waals surface area contributed by atoms with Crippen molar-refractivity contribution in [1.29, 1.82) is 0 Å². The maximum absolute atomic E-state index is 13.8. The normalized spacial score (nSPS) is 9.55. The maximum atomic E-state index is 13.8. The largest absolute Gasteiger partial charge is 0.373 e. The standard InChI is InChI=1S/C14H8BrFN2O.CO2/c15-10-6-7-11(12(16)8-10)14-17-13(18-19-14)9-4-2-1-3-5-9;2-1-3/h1-8H;. The first-order chi connectivity index (χ1) is 10.7. The second-order valence-corrected chi connectivity index (χ2v) is 4.91. The van der Waals surface area contributed by atoms with Gasteiger partial charge in [-0.05, 0) is 18.2 Å². The molecule has 0 N–H and O–H groups in total. The van der Waals surface area contributed by atoms with Crippen LogP contribution in [0.2, 0.25) is 0 Å². The lowest BCUT2D eigenvalue weighted by Crippen LogP contribution is -1.85. The average molecular weight is 363 g/mol. The van der Waals surface area contributed by atoms with Gasteiger partial charge < -0.3 is 4.52 Å². The second-order valence-electron chi connectivity index (χ2n) is 4.00. The van der Waals surface area contributed by atoms with Gasteiger partial charge in [-0.15, -0.1) is 0 Å². The topological polar surface area (TPSA) is 73.1 Å². The smallest absolute Gasteiger partial charge is 0.334 e. The molecule has 0 bridgehead atoms. The minimum Gasteiger partial charge on any atom is -0.334 e. The van der Waals surface area contributed by atoms with E-state index in [1.807, 2.05) is 30.3 Å². The predicted octanol–water partition coefficient (Wildman–Crippen LogP) is 3.72. The van der Waals surface area contributed by atoms with Crippen LogP contribution in [0, 0.1) is 5.82 Å². The van der Waals surface area contributed by atoms with E-state index in [4.69, 9.17) is 14.1 Å². The van der Waals surface area contributed by atoms with Crippen LogP contribution in [0.4, 0.5) is 4.39 Å². The third kappa shape index (κ3) is 3.72. The van der Waals surface area contributed by atoms with E-state index in [1.165, 1.54) is 6.07 Å². The molecule has 0 aliphatic carbocycles. The molecule has 0 saturated carbocycles. The highest BCUT2D eigenvalue weighted by Gasteiger charge is 2.14. The predicted molar refractivity (Wildman–Crippen MR) is 77.8 cm³/mol. The number of rotatable bonds is 2. The SMILES string of the molecule is Fc1cc(Br)ccc1-c1nc(-c2ccccc2)no1.O=C=O. The fraction of sp³-hybridized carbons (Fsp3) is 0. The van der Waals surface area contributed by atoms with Crippen molar-refractivity contribution in [3.05, 3.63) is 58.8 Å². The summed E-state index contributed by atoms with van der Waals surface area (Å²) in [7, 11) is 0. The quantitative estimate of drug-likeness (QED) is 0.694. The Morgan fingerprint density at radius 1 is 1.09 bits per heavy atom. The molecule has 1 aromatic heterocycles. The molecule has 110 valence electrons. The highest BCUT2D eigenvalue weighted by atomic mass is 79.9. The van der Waals surface area contributed by atoms with Crippen LogP contribution in [0.3, 0.4) is 0 Å². The van der Waals surface area contributed by atoms with Gasteiger partial charge in [-0.25, -0.2) is 4.39 Å². The van der Waals surface area contributed by atoms with Gasteiger partial charge in [0, 0.05) is 10.0 Å². The Kier molecular flexibility index (Phi) is 5.30. The van der Waals surface area contributed by atoms with E-state index in [9.17, 15) is 4.39 Å². The molecule has 0 atom stereocenters. The molecular formula is C15H8BrFN2O3. The lowest BCUT2D eigenvalue weighted by atomic mass is 10.2. The third-order valence-electron chi connectivity index (χ3n) is 2.62. The molecular weight excluding hydrogens is 355 g/mol. The Morgan fingerprint density at radius 2 is 1.77 bits per heavy atom.